The highest BCUT2D eigenvalue weighted by atomic mass is 32.1. The standard InChI is InChI=1S/C31H25N3S/c1-31(2,3)30-33-28(21-14-8-5-9-15-21)32-29(34-30)25-19-11-18-24-23-17-10-16-22(26(23)35-27(24)25)20-12-6-4-7-13-20/h4-19H,1-3H3. The van der Waals surface area contributed by atoms with Gasteiger partial charge in [0.15, 0.2) is 11.6 Å². The third-order valence-electron chi connectivity index (χ3n) is 6.19. The van der Waals surface area contributed by atoms with E-state index in [1.165, 1.54) is 31.3 Å². The lowest BCUT2D eigenvalue weighted by Crippen LogP contribution is -2.18. The number of hydrogen-bond acceptors (Lipinski definition) is 4. The molecule has 3 nitrogen and oxygen atoms in total. The topological polar surface area (TPSA) is 38.7 Å². The molecule has 6 aromatic rings. The quantitative estimate of drug-likeness (QED) is 0.259. The van der Waals surface area contributed by atoms with E-state index < -0.39 is 0 Å². The average Bonchev–Trinajstić information content (AvgIpc) is 3.28. The highest BCUT2D eigenvalue weighted by Crippen LogP contribution is 2.43. The van der Waals surface area contributed by atoms with E-state index in [1.807, 2.05) is 29.5 Å². The second-order valence-corrected chi connectivity index (χ2v) is 10.8. The molecule has 0 saturated heterocycles. The molecule has 0 spiro atoms. The van der Waals surface area contributed by atoms with Crippen LogP contribution < -0.4 is 0 Å². The van der Waals surface area contributed by atoms with Crippen LogP contribution in [0.4, 0.5) is 0 Å². The lowest BCUT2D eigenvalue weighted by atomic mass is 9.95. The summed E-state index contributed by atoms with van der Waals surface area (Å²) in [6, 6.07) is 33.8. The highest BCUT2D eigenvalue weighted by molar-refractivity contribution is 7.26. The molecule has 0 bridgehead atoms. The van der Waals surface area contributed by atoms with Gasteiger partial charge in [0.05, 0.1) is 0 Å². The van der Waals surface area contributed by atoms with Gasteiger partial charge in [0.2, 0.25) is 0 Å². The molecule has 35 heavy (non-hydrogen) atoms. The third-order valence-corrected chi connectivity index (χ3v) is 7.48. The lowest BCUT2D eigenvalue weighted by Gasteiger charge is -2.18. The van der Waals surface area contributed by atoms with Gasteiger partial charge in [-0.25, -0.2) is 15.0 Å². The molecule has 4 aromatic carbocycles. The van der Waals surface area contributed by atoms with E-state index in [0.717, 1.165) is 22.8 Å². The van der Waals surface area contributed by atoms with Gasteiger partial charge in [-0.3, -0.25) is 0 Å². The molecule has 4 heteroatoms. The van der Waals surface area contributed by atoms with Crippen LogP contribution in [0, 0.1) is 0 Å². The van der Waals surface area contributed by atoms with Gasteiger partial charge >= 0.3 is 0 Å². The second kappa shape index (κ2) is 8.40. The Kier molecular flexibility index (Phi) is 5.19. The van der Waals surface area contributed by atoms with Gasteiger partial charge in [0, 0.05) is 36.7 Å². The van der Waals surface area contributed by atoms with Gasteiger partial charge in [-0.2, -0.15) is 0 Å². The summed E-state index contributed by atoms with van der Waals surface area (Å²) in [6.07, 6.45) is 0. The van der Waals surface area contributed by atoms with Gasteiger partial charge < -0.3 is 0 Å². The number of fused-ring (bicyclic) bond motifs is 3. The van der Waals surface area contributed by atoms with Crippen molar-refractivity contribution in [3.63, 3.8) is 0 Å². The van der Waals surface area contributed by atoms with E-state index in [1.54, 1.807) is 0 Å². The summed E-state index contributed by atoms with van der Waals surface area (Å²) >= 11 is 1.82. The fourth-order valence-corrected chi connectivity index (χ4v) is 5.73. The van der Waals surface area contributed by atoms with Gasteiger partial charge in [0.25, 0.3) is 0 Å². The Morgan fingerprint density at radius 2 is 1.06 bits per heavy atom. The molecule has 0 aliphatic carbocycles. The van der Waals surface area contributed by atoms with Crippen LogP contribution in [-0.4, -0.2) is 15.0 Å². The predicted molar refractivity (Wildman–Crippen MR) is 148 cm³/mol. The molecular weight excluding hydrogens is 446 g/mol. The van der Waals surface area contributed by atoms with Gasteiger partial charge in [-0.15, -0.1) is 11.3 Å². The number of aromatic nitrogens is 3. The smallest absolute Gasteiger partial charge is 0.165 e. The van der Waals surface area contributed by atoms with Crippen molar-refractivity contribution in [3.8, 4) is 33.9 Å². The van der Waals surface area contributed by atoms with E-state index >= 15 is 0 Å². The van der Waals surface area contributed by atoms with E-state index in [0.29, 0.717) is 5.82 Å². The highest BCUT2D eigenvalue weighted by Gasteiger charge is 2.22. The number of nitrogens with zero attached hydrogens (tertiary/aromatic N) is 3. The molecule has 0 amide bonds. The van der Waals surface area contributed by atoms with Crippen LogP contribution in [0.25, 0.3) is 54.1 Å². The minimum Gasteiger partial charge on any atom is -0.212 e. The molecule has 0 aliphatic heterocycles. The summed E-state index contributed by atoms with van der Waals surface area (Å²) in [4.78, 5) is 14.8. The molecule has 2 heterocycles. The number of rotatable bonds is 3. The SMILES string of the molecule is CC(C)(C)c1nc(-c2ccccc2)nc(-c2cccc3c2sc2c(-c4ccccc4)cccc23)n1. The summed E-state index contributed by atoms with van der Waals surface area (Å²) in [5, 5.41) is 2.50. The number of benzene rings is 4. The Morgan fingerprint density at radius 1 is 0.514 bits per heavy atom. The third kappa shape index (κ3) is 3.90. The second-order valence-electron chi connectivity index (χ2n) is 9.75. The molecule has 0 atom stereocenters. The molecular formula is C31H25N3S. The first-order chi connectivity index (χ1) is 17.0. The van der Waals surface area contributed by atoms with Crippen molar-refractivity contribution in [1.29, 1.82) is 0 Å². The molecule has 2 aromatic heterocycles. The Labute approximate surface area is 209 Å². The molecule has 0 unspecified atom stereocenters. The maximum absolute atomic E-state index is 4.99. The largest absolute Gasteiger partial charge is 0.212 e. The van der Waals surface area contributed by atoms with Crippen molar-refractivity contribution in [2.75, 3.05) is 0 Å². The average molecular weight is 472 g/mol. The van der Waals surface area contributed by atoms with Crippen molar-refractivity contribution in [2.45, 2.75) is 26.2 Å². The zero-order valence-corrected chi connectivity index (χ0v) is 20.8. The Bertz CT molecular complexity index is 1660. The van der Waals surface area contributed by atoms with Crippen LogP contribution in [0.1, 0.15) is 26.6 Å². The Balaban J connectivity index is 1.62. The molecule has 0 radical (unpaired) electrons. The van der Waals surface area contributed by atoms with Crippen LogP contribution in [-0.2, 0) is 5.41 Å². The van der Waals surface area contributed by atoms with Crippen molar-refractivity contribution in [2.24, 2.45) is 0 Å². The van der Waals surface area contributed by atoms with Gasteiger partial charge in [-0.05, 0) is 17.2 Å². The molecule has 170 valence electrons. The maximum atomic E-state index is 4.99. The Morgan fingerprint density at radius 3 is 1.69 bits per heavy atom. The van der Waals surface area contributed by atoms with Crippen LogP contribution in [0.15, 0.2) is 97.1 Å². The van der Waals surface area contributed by atoms with E-state index in [9.17, 15) is 0 Å². The van der Waals surface area contributed by atoms with Crippen molar-refractivity contribution in [1.82, 2.24) is 15.0 Å². The summed E-state index contributed by atoms with van der Waals surface area (Å²) in [5.41, 5.74) is 4.33. The van der Waals surface area contributed by atoms with Crippen LogP contribution in [0.2, 0.25) is 0 Å². The van der Waals surface area contributed by atoms with Crippen LogP contribution in [0.3, 0.4) is 0 Å². The zero-order chi connectivity index (χ0) is 24.0. The monoisotopic (exact) mass is 471 g/mol. The number of thiophene rings is 1. The molecule has 6 rings (SSSR count). The Hall–Kier alpha value is -3.89. The minimum absolute atomic E-state index is 0.199. The van der Waals surface area contributed by atoms with Crippen molar-refractivity contribution < 1.29 is 0 Å². The first-order valence-corrected chi connectivity index (χ1v) is 12.6. The summed E-state index contributed by atoms with van der Waals surface area (Å²) in [7, 11) is 0. The number of hydrogen-bond donors (Lipinski definition) is 0. The normalized spacial score (nSPS) is 11.9. The van der Waals surface area contributed by atoms with E-state index in [-0.39, 0.29) is 5.41 Å². The van der Waals surface area contributed by atoms with Gasteiger partial charge in [0.1, 0.15) is 5.82 Å². The molecule has 0 N–H and O–H groups in total. The van der Waals surface area contributed by atoms with Crippen LogP contribution in [0.5, 0.6) is 0 Å². The first kappa shape index (κ1) is 21.6. The summed E-state index contributed by atoms with van der Waals surface area (Å²) < 4.78 is 2.49. The minimum atomic E-state index is -0.199. The van der Waals surface area contributed by atoms with Crippen molar-refractivity contribution in [3.05, 3.63) is 103 Å². The van der Waals surface area contributed by atoms with E-state index in [4.69, 9.17) is 15.0 Å². The lowest BCUT2D eigenvalue weighted by molar-refractivity contribution is 0.543. The zero-order valence-electron chi connectivity index (χ0n) is 20.0. The summed E-state index contributed by atoms with van der Waals surface area (Å²) in [6.45, 7) is 6.44. The van der Waals surface area contributed by atoms with Gasteiger partial charge in [-0.1, -0.05) is 112 Å². The predicted octanol–water partition coefficient (Wildman–Crippen LogP) is 8.54. The molecule has 0 aliphatic rings. The molecule has 0 saturated carbocycles. The molecule has 0 fully saturated rings. The maximum Gasteiger partial charge on any atom is 0.165 e. The van der Waals surface area contributed by atoms with E-state index in [2.05, 4.69) is 99.6 Å². The fourth-order valence-electron chi connectivity index (χ4n) is 4.39. The van der Waals surface area contributed by atoms with Crippen molar-refractivity contribution >= 4 is 31.5 Å². The first-order valence-electron chi connectivity index (χ1n) is 11.8. The fraction of sp³-hybridized carbons (Fsp3) is 0.129. The summed E-state index contributed by atoms with van der Waals surface area (Å²) in [5.74, 6) is 2.23. The van der Waals surface area contributed by atoms with Crippen LogP contribution >= 0.6 is 11.3 Å².